The minimum atomic E-state index is -1.34. The smallest absolute Gasteiger partial charge is 0.129 e. The van der Waals surface area contributed by atoms with Gasteiger partial charge in [0.15, 0.2) is 0 Å². The minimum Gasteiger partial charge on any atom is -0.380 e. The van der Waals surface area contributed by atoms with E-state index >= 15 is 0 Å². The van der Waals surface area contributed by atoms with Crippen molar-refractivity contribution >= 4 is 8.07 Å². The lowest BCUT2D eigenvalue weighted by Gasteiger charge is -2.12. The van der Waals surface area contributed by atoms with Crippen LogP contribution >= 0.6 is 0 Å². The summed E-state index contributed by atoms with van der Waals surface area (Å²) >= 11 is 0. The monoisotopic (exact) mass is 196 g/mol. The standard InChI is InChI=1S/C11H20OSi/c1-6-7-10(2)11(12)8-9-13(3,4)5/h6,10-12H,1,7H2,2-5H3/t10-,11+/m1/s1. The van der Waals surface area contributed by atoms with Crippen LogP contribution in [-0.4, -0.2) is 19.3 Å². The van der Waals surface area contributed by atoms with E-state index in [1.54, 1.807) is 0 Å². The van der Waals surface area contributed by atoms with Gasteiger partial charge in [-0.05, 0) is 12.3 Å². The third-order valence-electron chi connectivity index (χ3n) is 1.67. The van der Waals surface area contributed by atoms with Gasteiger partial charge in [0.05, 0.1) is 0 Å². The lowest BCUT2D eigenvalue weighted by molar-refractivity contribution is 0.173. The largest absolute Gasteiger partial charge is 0.380 e. The molecule has 0 fully saturated rings. The molecule has 0 aromatic rings. The maximum Gasteiger partial charge on any atom is 0.129 e. The maximum absolute atomic E-state index is 9.61. The van der Waals surface area contributed by atoms with Crippen LogP contribution < -0.4 is 0 Å². The van der Waals surface area contributed by atoms with Gasteiger partial charge in [-0.25, -0.2) is 0 Å². The Hall–Kier alpha value is -0.523. The lowest BCUT2D eigenvalue weighted by Crippen LogP contribution is -2.20. The molecule has 0 aromatic heterocycles. The zero-order chi connectivity index (χ0) is 10.5. The van der Waals surface area contributed by atoms with Crippen LogP contribution in [0.4, 0.5) is 0 Å². The van der Waals surface area contributed by atoms with Crippen molar-refractivity contribution in [2.24, 2.45) is 5.92 Å². The Kier molecular flexibility index (Phi) is 5.05. The number of hydrogen-bond donors (Lipinski definition) is 1. The SMILES string of the molecule is C=CC[C@@H](C)[C@@H](O)C#C[Si](C)(C)C. The number of aliphatic hydroxyl groups excluding tert-OH is 1. The highest BCUT2D eigenvalue weighted by Crippen LogP contribution is 2.08. The Balaban J connectivity index is 4.18. The van der Waals surface area contributed by atoms with Gasteiger partial charge in [-0.3, -0.25) is 0 Å². The van der Waals surface area contributed by atoms with E-state index in [1.165, 1.54) is 0 Å². The highest BCUT2D eigenvalue weighted by Gasteiger charge is 2.12. The van der Waals surface area contributed by atoms with Crippen LogP contribution in [0.25, 0.3) is 0 Å². The molecule has 0 saturated carbocycles. The van der Waals surface area contributed by atoms with Gasteiger partial charge in [-0.2, -0.15) is 0 Å². The molecule has 0 bridgehead atoms. The van der Waals surface area contributed by atoms with E-state index < -0.39 is 14.2 Å². The quantitative estimate of drug-likeness (QED) is 0.417. The van der Waals surface area contributed by atoms with E-state index in [4.69, 9.17) is 0 Å². The number of rotatable bonds is 3. The Bertz CT molecular complexity index is 216. The molecule has 74 valence electrons. The van der Waals surface area contributed by atoms with Gasteiger partial charge < -0.3 is 5.11 Å². The molecule has 0 aliphatic rings. The third-order valence-corrected chi connectivity index (χ3v) is 2.57. The van der Waals surface area contributed by atoms with Crippen molar-refractivity contribution in [2.45, 2.75) is 39.1 Å². The maximum atomic E-state index is 9.61. The third kappa shape index (κ3) is 6.62. The predicted octanol–water partition coefficient (Wildman–Crippen LogP) is 2.44. The molecule has 0 spiro atoms. The molecule has 1 nitrogen and oxygen atoms in total. The van der Waals surface area contributed by atoms with Gasteiger partial charge in [0.25, 0.3) is 0 Å². The second kappa shape index (κ2) is 5.26. The Labute approximate surface area is 82.9 Å². The van der Waals surface area contributed by atoms with E-state index in [1.807, 2.05) is 13.0 Å². The Morgan fingerprint density at radius 1 is 1.46 bits per heavy atom. The normalized spacial score (nSPS) is 15.5. The molecule has 0 aromatic carbocycles. The second-order valence-corrected chi connectivity index (χ2v) is 9.22. The number of hydrogen-bond acceptors (Lipinski definition) is 1. The molecule has 0 heterocycles. The summed E-state index contributed by atoms with van der Waals surface area (Å²) in [7, 11) is -1.34. The van der Waals surface area contributed by atoms with E-state index in [0.717, 1.165) is 6.42 Å². The fraction of sp³-hybridized carbons (Fsp3) is 0.636. The summed E-state index contributed by atoms with van der Waals surface area (Å²) in [5.41, 5.74) is 3.17. The molecular formula is C11H20OSi. The zero-order valence-electron chi connectivity index (χ0n) is 9.09. The molecule has 0 amide bonds. The van der Waals surface area contributed by atoms with Crippen LogP contribution in [0, 0.1) is 17.4 Å². The summed E-state index contributed by atoms with van der Waals surface area (Å²) in [6.45, 7) is 12.1. The molecule has 0 rings (SSSR count). The van der Waals surface area contributed by atoms with Gasteiger partial charge in [-0.1, -0.05) is 38.6 Å². The molecule has 13 heavy (non-hydrogen) atoms. The van der Waals surface area contributed by atoms with Crippen LogP contribution in [0.1, 0.15) is 13.3 Å². The molecule has 0 radical (unpaired) electrons. The van der Waals surface area contributed by atoms with Crippen LogP contribution in [0.2, 0.25) is 19.6 Å². The Morgan fingerprint density at radius 2 is 2.00 bits per heavy atom. The lowest BCUT2D eigenvalue weighted by atomic mass is 10.0. The van der Waals surface area contributed by atoms with Crippen LogP contribution in [0.5, 0.6) is 0 Å². The van der Waals surface area contributed by atoms with E-state index in [2.05, 4.69) is 37.7 Å². The summed E-state index contributed by atoms with van der Waals surface area (Å²) in [6.07, 6.45) is 2.15. The summed E-state index contributed by atoms with van der Waals surface area (Å²) in [5.74, 6) is 3.12. The fourth-order valence-corrected chi connectivity index (χ4v) is 1.41. The summed E-state index contributed by atoms with van der Waals surface area (Å²) < 4.78 is 0. The van der Waals surface area contributed by atoms with Gasteiger partial charge in [0, 0.05) is 0 Å². The van der Waals surface area contributed by atoms with Gasteiger partial charge in [0.1, 0.15) is 14.2 Å². The summed E-state index contributed by atoms with van der Waals surface area (Å²) in [5, 5.41) is 9.61. The number of aliphatic hydroxyl groups is 1. The average Bonchev–Trinajstić information content (AvgIpc) is 1.99. The van der Waals surface area contributed by atoms with Gasteiger partial charge >= 0.3 is 0 Å². The molecule has 0 aliphatic heterocycles. The van der Waals surface area contributed by atoms with E-state index in [0.29, 0.717) is 0 Å². The van der Waals surface area contributed by atoms with Crippen molar-refractivity contribution in [3.8, 4) is 11.5 Å². The van der Waals surface area contributed by atoms with Crippen LogP contribution in [0.15, 0.2) is 12.7 Å². The van der Waals surface area contributed by atoms with E-state index in [-0.39, 0.29) is 5.92 Å². The Morgan fingerprint density at radius 3 is 2.38 bits per heavy atom. The highest BCUT2D eigenvalue weighted by atomic mass is 28.3. The first-order valence-corrected chi connectivity index (χ1v) is 8.18. The predicted molar refractivity (Wildman–Crippen MR) is 61.1 cm³/mol. The molecular weight excluding hydrogens is 176 g/mol. The first kappa shape index (κ1) is 12.5. The molecule has 0 unspecified atom stereocenters. The highest BCUT2D eigenvalue weighted by molar-refractivity contribution is 6.83. The van der Waals surface area contributed by atoms with E-state index in [9.17, 15) is 5.11 Å². The van der Waals surface area contributed by atoms with Crippen LogP contribution in [0.3, 0.4) is 0 Å². The molecule has 1 N–H and O–H groups in total. The van der Waals surface area contributed by atoms with Crippen molar-refractivity contribution < 1.29 is 5.11 Å². The van der Waals surface area contributed by atoms with Crippen molar-refractivity contribution in [3.63, 3.8) is 0 Å². The topological polar surface area (TPSA) is 20.2 Å². The zero-order valence-corrected chi connectivity index (χ0v) is 10.1. The fourth-order valence-electron chi connectivity index (χ4n) is 0.824. The van der Waals surface area contributed by atoms with Gasteiger partial charge in [-0.15, -0.1) is 12.1 Å². The molecule has 2 heteroatoms. The molecule has 0 saturated heterocycles. The van der Waals surface area contributed by atoms with Gasteiger partial charge in [0.2, 0.25) is 0 Å². The first-order valence-electron chi connectivity index (χ1n) is 4.68. The van der Waals surface area contributed by atoms with Crippen molar-refractivity contribution in [2.75, 3.05) is 0 Å². The van der Waals surface area contributed by atoms with Crippen molar-refractivity contribution in [3.05, 3.63) is 12.7 Å². The van der Waals surface area contributed by atoms with Crippen molar-refractivity contribution in [1.29, 1.82) is 0 Å². The van der Waals surface area contributed by atoms with Crippen LogP contribution in [-0.2, 0) is 0 Å². The molecule has 0 aliphatic carbocycles. The second-order valence-electron chi connectivity index (χ2n) is 4.47. The molecule has 2 atom stereocenters. The number of allylic oxidation sites excluding steroid dienone is 1. The first-order chi connectivity index (χ1) is 5.87. The summed E-state index contributed by atoms with van der Waals surface area (Å²) in [4.78, 5) is 0. The van der Waals surface area contributed by atoms with Crippen molar-refractivity contribution in [1.82, 2.24) is 0 Å². The average molecular weight is 196 g/mol. The minimum absolute atomic E-state index is 0.196. The summed E-state index contributed by atoms with van der Waals surface area (Å²) in [6, 6.07) is 0.